The van der Waals surface area contributed by atoms with Gasteiger partial charge in [-0.3, -0.25) is 43.5 Å². The first-order valence-corrected chi connectivity index (χ1v) is 16.2. The number of benzene rings is 2. The Bertz CT molecular complexity index is 1460. The molecule has 292 valence electrons. The smallest absolute Gasteiger partial charge is 0.373 e. The maximum Gasteiger partial charge on any atom is 0.373 e. The number of aryl methyl sites for hydroxylation is 1. The average Bonchev–Trinajstić information content (AvgIpc) is 3.05. The van der Waals surface area contributed by atoms with Gasteiger partial charge in [0, 0.05) is 39.5 Å². The maximum atomic E-state index is 12.9. The van der Waals surface area contributed by atoms with Crippen molar-refractivity contribution >= 4 is 41.6 Å². The molecule has 0 unspecified atom stereocenters. The van der Waals surface area contributed by atoms with Gasteiger partial charge in [0.1, 0.15) is 18.1 Å². The molecule has 1 atom stereocenters. The molecule has 0 aliphatic carbocycles. The van der Waals surface area contributed by atoms with E-state index in [1.807, 2.05) is 24.3 Å². The van der Waals surface area contributed by atoms with Gasteiger partial charge in [-0.25, -0.2) is 0 Å². The number of ketones is 2. The van der Waals surface area contributed by atoms with Crippen molar-refractivity contribution in [3.63, 3.8) is 0 Å². The highest BCUT2D eigenvalue weighted by molar-refractivity contribution is 5.85. The van der Waals surface area contributed by atoms with Gasteiger partial charge in [0.15, 0.2) is 5.78 Å². The minimum atomic E-state index is -1.16. The summed E-state index contributed by atoms with van der Waals surface area (Å²) in [7, 11) is 1.64. The van der Waals surface area contributed by atoms with Crippen molar-refractivity contribution in [3.05, 3.63) is 65.2 Å². The fourth-order valence-corrected chi connectivity index (χ4v) is 4.56. The van der Waals surface area contributed by atoms with Crippen LogP contribution in [-0.2, 0) is 62.5 Å². The van der Waals surface area contributed by atoms with Crippen molar-refractivity contribution in [3.8, 4) is 5.75 Å². The number of Topliss-reactive ketones (excluding diaryl/α,β-unsaturated/α-hetero) is 2. The number of phenolic OH excluding ortho intramolecular Hbond substituents is 1. The Morgan fingerprint density at radius 2 is 1.17 bits per heavy atom. The predicted molar refractivity (Wildman–Crippen MR) is 186 cm³/mol. The monoisotopic (exact) mass is 748 g/mol. The quantitative estimate of drug-likeness (QED) is 0.0814. The number of hydrogen-bond acceptors (Lipinski definition) is 14. The van der Waals surface area contributed by atoms with Crippen molar-refractivity contribution in [1.29, 1.82) is 0 Å². The van der Waals surface area contributed by atoms with Crippen LogP contribution in [0.1, 0.15) is 30.0 Å². The van der Waals surface area contributed by atoms with E-state index in [0.717, 1.165) is 23.6 Å². The molecule has 2 rings (SSSR count). The molecule has 0 heterocycles. The van der Waals surface area contributed by atoms with Crippen LogP contribution < -0.4 is 5.73 Å². The van der Waals surface area contributed by atoms with Crippen LogP contribution in [0.5, 0.6) is 5.75 Å². The van der Waals surface area contributed by atoms with Crippen LogP contribution in [0.25, 0.3) is 0 Å². The van der Waals surface area contributed by atoms with Gasteiger partial charge < -0.3 is 36.0 Å². The second kappa shape index (κ2) is 27.3. The summed E-state index contributed by atoms with van der Waals surface area (Å²) in [6.45, 7) is 1.12. The molecule has 2 aromatic rings. The number of carboxylic acid groups (broad SMARTS) is 4. The van der Waals surface area contributed by atoms with Crippen molar-refractivity contribution in [2.45, 2.75) is 38.8 Å². The Kier molecular flexibility index (Phi) is 24.6. The molecule has 0 amide bonds. The summed E-state index contributed by atoms with van der Waals surface area (Å²) in [6.07, 6.45) is 1.30. The minimum absolute atomic E-state index is 0.0454. The summed E-state index contributed by atoms with van der Waals surface area (Å²) < 4.78 is 5.55. The standard InChI is InChI=1S/C32H44N4O10.C2H4O2.CO2/c1-34(18-30(40)41)12-13-35(14-15-36(19-31(42)43)20-32(44)45)17-27(38)11-6-23-2-4-25(5-3-23)21-46-22-29(39)28(33)16-24-7-9-26(37)10-8-24;1-2(3)4;2-1-3/h2-5,7-10,28,37H,6,11-22,33H2,1H3,(H,40,41)(H,42,43)(H,44,45);1H3,(H,3,4);/t28-;;/m1../s1. The lowest BCUT2D eigenvalue weighted by Gasteiger charge is -2.27. The molecule has 53 heavy (non-hydrogen) atoms. The van der Waals surface area contributed by atoms with Gasteiger partial charge in [0.2, 0.25) is 0 Å². The summed E-state index contributed by atoms with van der Waals surface area (Å²) >= 11 is 0. The van der Waals surface area contributed by atoms with E-state index < -0.39 is 43.0 Å². The number of nitrogens with zero attached hydrogens (tertiary/aromatic N) is 3. The number of carbonyl (C=O) groups excluding carboxylic acids is 4. The zero-order valence-corrected chi connectivity index (χ0v) is 29.7. The number of carboxylic acids is 4. The summed E-state index contributed by atoms with van der Waals surface area (Å²) in [6, 6.07) is 13.2. The number of likely N-dealkylation sites (N-methyl/N-ethyl adjacent to an activating group) is 1. The number of hydrogen-bond donors (Lipinski definition) is 6. The minimum Gasteiger partial charge on any atom is -0.508 e. The summed E-state index contributed by atoms with van der Waals surface area (Å²) in [5.74, 6) is -4.32. The van der Waals surface area contributed by atoms with E-state index in [-0.39, 0.29) is 69.3 Å². The third-order valence-corrected chi connectivity index (χ3v) is 7.09. The predicted octanol–water partition coefficient (Wildman–Crippen LogP) is -0.153. The Balaban J connectivity index is 0.00000354. The lowest BCUT2D eigenvalue weighted by molar-refractivity contribution is -0.192. The lowest BCUT2D eigenvalue weighted by atomic mass is 10.0. The van der Waals surface area contributed by atoms with Crippen molar-refractivity contribution in [2.75, 3.05) is 66.0 Å². The van der Waals surface area contributed by atoms with Crippen molar-refractivity contribution < 1.29 is 68.6 Å². The largest absolute Gasteiger partial charge is 0.508 e. The summed E-state index contributed by atoms with van der Waals surface area (Å²) in [4.78, 5) is 88.4. The van der Waals surface area contributed by atoms with E-state index in [0.29, 0.717) is 25.9 Å². The first kappa shape index (κ1) is 47.6. The molecule has 2 aromatic carbocycles. The molecule has 0 aliphatic rings. The molecule has 0 radical (unpaired) electrons. The van der Waals surface area contributed by atoms with Crippen LogP contribution in [0.3, 0.4) is 0 Å². The third kappa shape index (κ3) is 26.1. The highest BCUT2D eigenvalue weighted by atomic mass is 16.5. The number of nitrogens with two attached hydrogens (primary N) is 1. The Hall–Kier alpha value is -5.36. The molecule has 0 spiro atoms. The second-order valence-electron chi connectivity index (χ2n) is 11.8. The molecule has 18 heteroatoms. The SMILES string of the molecule is CC(=O)O.CN(CCN(CCN(CC(=O)O)CC(=O)O)CC(=O)CCc1ccc(COCC(=O)[C@H](N)Cc2ccc(O)cc2)cc1)CC(=O)O.O=C=O. The number of aromatic hydroxyl groups is 1. The molecule has 18 nitrogen and oxygen atoms in total. The number of carbonyl (C=O) groups is 6. The number of rotatable bonds is 24. The molecular formula is C35H48N4O14. The summed E-state index contributed by atoms with van der Waals surface area (Å²) in [5, 5.41) is 44.0. The fraction of sp³-hybridized carbons (Fsp3) is 0.457. The Labute approximate surface area is 306 Å². The highest BCUT2D eigenvalue weighted by Crippen LogP contribution is 2.12. The molecule has 7 N–H and O–H groups in total. The number of ether oxygens (including phenoxy) is 1. The second-order valence-corrected chi connectivity index (χ2v) is 11.8. The number of phenols is 1. The van der Waals surface area contributed by atoms with E-state index >= 15 is 0 Å². The van der Waals surface area contributed by atoms with Crippen molar-refractivity contribution in [1.82, 2.24) is 14.7 Å². The Morgan fingerprint density at radius 3 is 1.68 bits per heavy atom. The van der Waals surface area contributed by atoms with E-state index in [2.05, 4.69) is 0 Å². The van der Waals surface area contributed by atoms with Crippen LogP contribution in [-0.4, -0.2) is 154 Å². The van der Waals surface area contributed by atoms with Crippen LogP contribution in [0.15, 0.2) is 48.5 Å². The van der Waals surface area contributed by atoms with Crippen LogP contribution in [0, 0.1) is 0 Å². The molecule has 0 saturated heterocycles. The normalized spacial score (nSPS) is 11.1. The van der Waals surface area contributed by atoms with E-state index in [4.69, 9.17) is 45.3 Å². The fourth-order valence-electron chi connectivity index (χ4n) is 4.56. The Morgan fingerprint density at radius 1 is 0.717 bits per heavy atom. The topological polar surface area (TPSA) is 283 Å². The molecule has 0 bridgehead atoms. The van der Waals surface area contributed by atoms with Gasteiger partial charge in [0.05, 0.1) is 38.8 Å². The summed E-state index contributed by atoms with van der Waals surface area (Å²) in [5.41, 5.74) is 8.60. The molecular weight excluding hydrogens is 700 g/mol. The number of aliphatic carboxylic acids is 4. The van der Waals surface area contributed by atoms with Crippen LogP contribution in [0.2, 0.25) is 0 Å². The van der Waals surface area contributed by atoms with Gasteiger partial charge >= 0.3 is 24.1 Å². The molecule has 0 aliphatic heterocycles. The van der Waals surface area contributed by atoms with E-state index in [1.165, 1.54) is 17.0 Å². The zero-order chi connectivity index (χ0) is 40.3. The maximum absolute atomic E-state index is 12.9. The third-order valence-electron chi connectivity index (χ3n) is 7.09. The van der Waals surface area contributed by atoms with Gasteiger partial charge in [-0.05, 0) is 48.7 Å². The van der Waals surface area contributed by atoms with Gasteiger partial charge in [-0.15, -0.1) is 0 Å². The molecule has 0 aromatic heterocycles. The van der Waals surface area contributed by atoms with Gasteiger partial charge in [-0.1, -0.05) is 36.4 Å². The van der Waals surface area contributed by atoms with Gasteiger partial charge in [0.25, 0.3) is 5.97 Å². The lowest BCUT2D eigenvalue weighted by Crippen LogP contribution is -2.44. The van der Waals surface area contributed by atoms with E-state index in [9.17, 15) is 29.1 Å². The first-order chi connectivity index (χ1) is 24.9. The molecule has 0 fully saturated rings. The zero-order valence-electron chi connectivity index (χ0n) is 29.7. The van der Waals surface area contributed by atoms with E-state index in [1.54, 1.807) is 29.0 Å². The van der Waals surface area contributed by atoms with Gasteiger partial charge in [-0.2, -0.15) is 9.59 Å². The van der Waals surface area contributed by atoms with Crippen LogP contribution >= 0.6 is 0 Å². The van der Waals surface area contributed by atoms with Crippen LogP contribution in [0.4, 0.5) is 0 Å². The van der Waals surface area contributed by atoms with Crippen molar-refractivity contribution in [2.24, 2.45) is 5.73 Å². The first-order valence-electron chi connectivity index (χ1n) is 16.2. The molecule has 0 saturated carbocycles. The average molecular weight is 749 g/mol. The highest BCUT2D eigenvalue weighted by Gasteiger charge is 2.18.